The van der Waals surface area contributed by atoms with Crippen molar-refractivity contribution in [2.75, 3.05) is 20.7 Å². The third kappa shape index (κ3) is 4.02. The summed E-state index contributed by atoms with van der Waals surface area (Å²) in [4.78, 5) is 14.9. The van der Waals surface area contributed by atoms with E-state index in [-0.39, 0.29) is 11.9 Å². The van der Waals surface area contributed by atoms with E-state index >= 15 is 0 Å². The average Bonchev–Trinajstić information content (AvgIpc) is 2.67. The predicted molar refractivity (Wildman–Crippen MR) is 99.6 cm³/mol. The zero-order chi connectivity index (χ0) is 17.6. The van der Waals surface area contributed by atoms with E-state index in [0.717, 1.165) is 25.1 Å². The number of amides is 1. The van der Waals surface area contributed by atoms with Gasteiger partial charge in [-0.1, -0.05) is 36.4 Å². The quantitative estimate of drug-likeness (QED) is 0.822. The van der Waals surface area contributed by atoms with Crippen molar-refractivity contribution in [3.8, 4) is 5.75 Å². The van der Waals surface area contributed by atoms with Crippen molar-refractivity contribution < 1.29 is 9.53 Å². The van der Waals surface area contributed by atoms with Crippen LogP contribution in [0, 0.1) is 0 Å². The molecule has 4 nitrogen and oxygen atoms in total. The molecule has 0 radical (unpaired) electrons. The molecule has 1 heterocycles. The molecule has 0 saturated heterocycles. The Morgan fingerprint density at radius 2 is 2.00 bits per heavy atom. The fourth-order valence-electron chi connectivity index (χ4n) is 3.48. The number of ether oxygens (including phenoxy) is 1. The monoisotopic (exact) mass is 338 g/mol. The van der Waals surface area contributed by atoms with Gasteiger partial charge in [0.25, 0.3) is 0 Å². The van der Waals surface area contributed by atoms with E-state index in [0.29, 0.717) is 13.0 Å². The molecule has 0 spiro atoms. The first-order valence-electron chi connectivity index (χ1n) is 8.87. The third-order valence-corrected chi connectivity index (χ3v) is 4.87. The number of fused-ring (bicyclic) bond motifs is 1. The van der Waals surface area contributed by atoms with Crippen LogP contribution in [0.3, 0.4) is 0 Å². The Morgan fingerprint density at radius 1 is 1.20 bits per heavy atom. The molecular weight excluding hydrogens is 312 g/mol. The second-order valence-corrected chi connectivity index (χ2v) is 6.49. The fourth-order valence-corrected chi connectivity index (χ4v) is 3.48. The van der Waals surface area contributed by atoms with Crippen LogP contribution in [0.5, 0.6) is 5.75 Å². The number of hydrogen-bond donors (Lipinski definition) is 1. The standard InChI is InChI=1S/C21H26N2O2/c1-22-12-6-9-21(24)23-15-18-13-19(25-2)11-10-17(18)14-20(23)16-7-4-3-5-8-16/h3-5,7-8,10-11,13,20,22H,6,9,12,14-15H2,1-2H3. The van der Waals surface area contributed by atoms with Gasteiger partial charge < -0.3 is 15.0 Å². The van der Waals surface area contributed by atoms with E-state index in [4.69, 9.17) is 4.74 Å². The molecule has 0 fully saturated rings. The summed E-state index contributed by atoms with van der Waals surface area (Å²) in [5.74, 6) is 1.07. The highest BCUT2D eigenvalue weighted by atomic mass is 16.5. The lowest BCUT2D eigenvalue weighted by molar-refractivity contribution is -0.135. The summed E-state index contributed by atoms with van der Waals surface area (Å²) in [7, 11) is 3.60. The van der Waals surface area contributed by atoms with Gasteiger partial charge in [-0.05, 0) is 55.3 Å². The Bertz CT molecular complexity index is 715. The van der Waals surface area contributed by atoms with Crippen LogP contribution in [-0.2, 0) is 17.8 Å². The summed E-state index contributed by atoms with van der Waals surface area (Å²) in [5.41, 5.74) is 3.69. The average molecular weight is 338 g/mol. The number of nitrogens with one attached hydrogen (secondary N) is 1. The molecule has 3 rings (SSSR count). The maximum atomic E-state index is 12.9. The van der Waals surface area contributed by atoms with Crippen molar-refractivity contribution >= 4 is 5.91 Å². The highest BCUT2D eigenvalue weighted by molar-refractivity contribution is 5.77. The van der Waals surface area contributed by atoms with Gasteiger partial charge in [0.05, 0.1) is 13.2 Å². The molecule has 25 heavy (non-hydrogen) atoms. The lowest BCUT2D eigenvalue weighted by atomic mass is 9.89. The summed E-state index contributed by atoms with van der Waals surface area (Å²) < 4.78 is 5.36. The van der Waals surface area contributed by atoms with Crippen LogP contribution in [0.2, 0.25) is 0 Å². The van der Waals surface area contributed by atoms with Crippen molar-refractivity contribution in [1.29, 1.82) is 0 Å². The highest BCUT2D eigenvalue weighted by Crippen LogP contribution is 2.35. The zero-order valence-electron chi connectivity index (χ0n) is 15.0. The van der Waals surface area contributed by atoms with Crippen LogP contribution in [0.4, 0.5) is 0 Å². The first-order valence-corrected chi connectivity index (χ1v) is 8.87. The Balaban J connectivity index is 1.88. The zero-order valence-corrected chi connectivity index (χ0v) is 15.0. The number of methoxy groups -OCH3 is 1. The smallest absolute Gasteiger partial charge is 0.223 e. The summed E-state index contributed by atoms with van der Waals surface area (Å²) >= 11 is 0. The van der Waals surface area contributed by atoms with Crippen molar-refractivity contribution in [3.05, 3.63) is 65.2 Å². The molecule has 2 aromatic rings. The van der Waals surface area contributed by atoms with Gasteiger partial charge in [-0.3, -0.25) is 4.79 Å². The first kappa shape index (κ1) is 17.5. The SMILES string of the molecule is CNCCCC(=O)N1Cc2cc(OC)ccc2CC1c1ccccc1. The minimum atomic E-state index is 0.101. The number of rotatable bonds is 6. The van der Waals surface area contributed by atoms with Crippen LogP contribution in [0.1, 0.15) is 35.6 Å². The summed E-state index contributed by atoms with van der Waals surface area (Å²) in [5, 5.41) is 3.11. The minimum absolute atomic E-state index is 0.101. The van der Waals surface area contributed by atoms with Crippen LogP contribution in [0.15, 0.2) is 48.5 Å². The lowest BCUT2D eigenvalue weighted by Gasteiger charge is -2.37. The van der Waals surface area contributed by atoms with Gasteiger partial charge in [-0.15, -0.1) is 0 Å². The maximum Gasteiger partial charge on any atom is 0.223 e. The summed E-state index contributed by atoms with van der Waals surface area (Å²) in [6, 6.07) is 16.6. The van der Waals surface area contributed by atoms with E-state index < -0.39 is 0 Å². The third-order valence-electron chi connectivity index (χ3n) is 4.87. The van der Waals surface area contributed by atoms with Crippen LogP contribution in [-0.4, -0.2) is 31.5 Å². The minimum Gasteiger partial charge on any atom is -0.497 e. The van der Waals surface area contributed by atoms with E-state index in [1.165, 1.54) is 16.7 Å². The van der Waals surface area contributed by atoms with Crippen LogP contribution < -0.4 is 10.1 Å². The van der Waals surface area contributed by atoms with Gasteiger partial charge >= 0.3 is 0 Å². The van der Waals surface area contributed by atoms with Gasteiger partial charge in [-0.2, -0.15) is 0 Å². The first-order chi connectivity index (χ1) is 12.2. The molecule has 1 amide bonds. The van der Waals surface area contributed by atoms with Crippen molar-refractivity contribution in [2.45, 2.75) is 31.8 Å². The molecule has 132 valence electrons. The molecule has 1 aliphatic rings. The van der Waals surface area contributed by atoms with Gasteiger partial charge in [-0.25, -0.2) is 0 Å². The molecule has 0 bridgehead atoms. The number of benzene rings is 2. The largest absolute Gasteiger partial charge is 0.497 e. The Labute approximate surface area is 149 Å². The van der Waals surface area contributed by atoms with E-state index in [9.17, 15) is 4.79 Å². The van der Waals surface area contributed by atoms with Crippen molar-refractivity contribution in [3.63, 3.8) is 0 Å². The second-order valence-electron chi connectivity index (χ2n) is 6.49. The van der Waals surface area contributed by atoms with Gasteiger partial charge in [0.15, 0.2) is 0 Å². The van der Waals surface area contributed by atoms with E-state index in [1.807, 2.05) is 36.2 Å². The highest BCUT2D eigenvalue weighted by Gasteiger charge is 2.30. The van der Waals surface area contributed by atoms with Crippen LogP contribution >= 0.6 is 0 Å². The van der Waals surface area contributed by atoms with E-state index in [1.54, 1.807) is 7.11 Å². The molecular formula is C21H26N2O2. The predicted octanol–water partition coefficient (Wildman–Crippen LogP) is 3.32. The fraction of sp³-hybridized carbons (Fsp3) is 0.381. The normalized spacial score (nSPS) is 16.4. The molecule has 2 aromatic carbocycles. The lowest BCUT2D eigenvalue weighted by Crippen LogP contribution is -2.39. The molecule has 1 unspecified atom stereocenters. The number of carbonyl (C=O) groups is 1. The maximum absolute atomic E-state index is 12.9. The second kappa shape index (κ2) is 8.17. The molecule has 1 aliphatic heterocycles. The molecule has 0 aromatic heterocycles. The Morgan fingerprint density at radius 3 is 2.72 bits per heavy atom. The Kier molecular flexibility index (Phi) is 5.71. The van der Waals surface area contributed by atoms with Crippen molar-refractivity contribution in [1.82, 2.24) is 10.2 Å². The molecule has 1 N–H and O–H groups in total. The molecule has 1 atom stereocenters. The summed E-state index contributed by atoms with van der Waals surface area (Å²) in [6.07, 6.45) is 2.28. The number of hydrogen-bond acceptors (Lipinski definition) is 3. The van der Waals surface area contributed by atoms with Crippen molar-refractivity contribution in [2.24, 2.45) is 0 Å². The number of carbonyl (C=O) groups excluding carboxylic acids is 1. The molecule has 0 aliphatic carbocycles. The van der Waals surface area contributed by atoms with Gasteiger partial charge in [0, 0.05) is 13.0 Å². The van der Waals surface area contributed by atoms with Crippen LogP contribution in [0.25, 0.3) is 0 Å². The topological polar surface area (TPSA) is 41.6 Å². The van der Waals surface area contributed by atoms with E-state index in [2.05, 4.69) is 29.6 Å². The number of nitrogens with zero attached hydrogens (tertiary/aromatic N) is 1. The molecule has 0 saturated carbocycles. The van der Waals surface area contributed by atoms with Gasteiger partial charge in [0.1, 0.15) is 5.75 Å². The Hall–Kier alpha value is -2.33. The molecule has 4 heteroatoms. The summed E-state index contributed by atoms with van der Waals surface area (Å²) in [6.45, 7) is 1.50. The van der Waals surface area contributed by atoms with Gasteiger partial charge in [0.2, 0.25) is 5.91 Å².